The van der Waals surface area contributed by atoms with Crippen LogP contribution in [-0.4, -0.2) is 8.35 Å². The summed E-state index contributed by atoms with van der Waals surface area (Å²) < 4.78 is -1.33. The summed E-state index contributed by atoms with van der Waals surface area (Å²) in [6.45, 7) is 0. The Morgan fingerprint density at radius 3 is 2.17 bits per heavy atom. The Morgan fingerprint density at radius 2 is 1.75 bits per heavy atom. The second kappa shape index (κ2) is 3.97. The maximum absolute atomic E-state index is 9.55. The fourth-order valence-corrected chi connectivity index (χ4v) is 1.34. The third-order valence-corrected chi connectivity index (χ3v) is 2.27. The zero-order valence-corrected chi connectivity index (χ0v) is 9.14. The summed E-state index contributed by atoms with van der Waals surface area (Å²) >= 11 is 14.3. The molecule has 0 aliphatic carbocycles. The zero-order valence-electron chi connectivity index (χ0n) is 6.05. The van der Waals surface area contributed by atoms with Gasteiger partial charge in [-0.05, 0) is 21.5 Å². The number of hydrogen-bond donors (Lipinski definition) is 1. The van der Waals surface area contributed by atoms with Crippen LogP contribution in [0, 0.1) is 0 Å². The highest BCUT2D eigenvalue weighted by atomic mass is 79.9. The van der Waals surface area contributed by atoms with Crippen LogP contribution in [0.3, 0.4) is 0 Å². The van der Waals surface area contributed by atoms with Gasteiger partial charge in [-0.1, -0.05) is 53.5 Å². The Bertz CT molecular complexity index is 245. The van der Waals surface area contributed by atoms with Gasteiger partial charge in [0, 0.05) is 0 Å². The van der Waals surface area contributed by atoms with Crippen LogP contribution in [0.25, 0.3) is 0 Å². The van der Waals surface area contributed by atoms with Crippen molar-refractivity contribution < 1.29 is 5.11 Å². The fraction of sp³-hybridized carbons (Fsp3) is 0.250. The Hall–Kier alpha value is 0.240. The SMILES string of the molecule is OC(c1ccccc1)C(Cl)(Cl)Br. The Balaban J connectivity index is 2.86. The molecule has 0 saturated carbocycles. The third kappa shape index (κ3) is 2.63. The quantitative estimate of drug-likeness (QED) is 0.818. The molecule has 1 N–H and O–H groups in total. The van der Waals surface area contributed by atoms with Crippen LogP contribution in [0.1, 0.15) is 11.7 Å². The zero-order chi connectivity index (χ0) is 9.19. The average Bonchev–Trinajstić information content (AvgIpc) is 2.03. The molecular weight excluding hydrogens is 263 g/mol. The van der Waals surface area contributed by atoms with Crippen molar-refractivity contribution in [3.8, 4) is 0 Å². The molecule has 12 heavy (non-hydrogen) atoms. The summed E-state index contributed by atoms with van der Waals surface area (Å²) in [7, 11) is 0. The van der Waals surface area contributed by atoms with Gasteiger partial charge in [0.05, 0.1) is 0 Å². The molecule has 66 valence electrons. The molecule has 0 aliphatic rings. The molecule has 1 aromatic carbocycles. The second-order valence-electron chi connectivity index (χ2n) is 2.35. The van der Waals surface area contributed by atoms with E-state index in [2.05, 4.69) is 15.9 Å². The Morgan fingerprint density at radius 1 is 1.25 bits per heavy atom. The summed E-state index contributed by atoms with van der Waals surface area (Å²) in [5.74, 6) is 0. The molecule has 0 heterocycles. The van der Waals surface area contributed by atoms with Crippen LogP contribution in [0.4, 0.5) is 0 Å². The molecule has 0 spiro atoms. The van der Waals surface area contributed by atoms with E-state index in [4.69, 9.17) is 23.2 Å². The standard InChI is InChI=1S/C8H7BrCl2O/c9-8(10,11)7(12)6-4-2-1-3-5-6/h1-5,7,12H. The van der Waals surface area contributed by atoms with Gasteiger partial charge in [-0.15, -0.1) is 0 Å². The Kier molecular flexibility index (Phi) is 3.41. The molecule has 0 saturated heterocycles. The van der Waals surface area contributed by atoms with Crippen molar-refractivity contribution in [2.24, 2.45) is 0 Å². The molecule has 0 bridgehead atoms. The number of hydrogen-bond acceptors (Lipinski definition) is 1. The monoisotopic (exact) mass is 268 g/mol. The average molecular weight is 270 g/mol. The number of benzene rings is 1. The number of halogens is 3. The van der Waals surface area contributed by atoms with Crippen LogP contribution in [0.2, 0.25) is 0 Å². The van der Waals surface area contributed by atoms with E-state index in [1.807, 2.05) is 18.2 Å². The highest BCUT2D eigenvalue weighted by molar-refractivity contribution is 9.11. The van der Waals surface area contributed by atoms with E-state index in [1.165, 1.54) is 0 Å². The molecule has 4 heteroatoms. The molecular formula is C8H7BrCl2O. The van der Waals surface area contributed by atoms with Crippen LogP contribution in [0.15, 0.2) is 30.3 Å². The van der Waals surface area contributed by atoms with E-state index < -0.39 is 9.35 Å². The van der Waals surface area contributed by atoms with Crippen molar-refractivity contribution in [1.82, 2.24) is 0 Å². The smallest absolute Gasteiger partial charge is 0.201 e. The second-order valence-corrected chi connectivity index (χ2v) is 5.90. The Labute approximate surface area is 89.4 Å². The fourth-order valence-electron chi connectivity index (χ4n) is 0.824. The van der Waals surface area contributed by atoms with Crippen LogP contribution in [0.5, 0.6) is 0 Å². The summed E-state index contributed by atoms with van der Waals surface area (Å²) in [4.78, 5) is 0. The van der Waals surface area contributed by atoms with Gasteiger partial charge in [-0.2, -0.15) is 0 Å². The predicted molar refractivity (Wildman–Crippen MR) is 54.8 cm³/mol. The lowest BCUT2D eigenvalue weighted by atomic mass is 10.1. The highest BCUT2D eigenvalue weighted by Gasteiger charge is 2.31. The highest BCUT2D eigenvalue weighted by Crippen LogP contribution is 2.41. The largest absolute Gasteiger partial charge is 0.384 e. The lowest BCUT2D eigenvalue weighted by Gasteiger charge is -2.19. The van der Waals surface area contributed by atoms with Crippen molar-refractivity contribution >= 4 is 39.1 Å². The molecule has 1 nitrogen and oxygen atoms in total. The summed E-state index contributed by atoms with van der Waals surface area (Å²) in [6, 6.07) is 8.99. The first kappa shape index (κ1) is 10.3. The predicted octanol–water partition coefficient (Wildman–Crippen LogP) is 3.25. The van der Waals surface area contributed by atoms with E-state index >= 15 is 0 Å². The van der Waals surface area contributed by atoms with Gasteiger partial charge >= 0.3 is 0 Å². The van der Waals surface area contributed by atoms with Gasteiger partial charge in [-0.25, -0.2) is 0 Å². The maximum Gasteiger partial charge on any atom is 0.201 e. The molecule has 0 aromatic heterocycles. The number of alkyl halides is 3. The van der Waals surface area contributed by atoms with Gasteiger partial charge in [0.1, 0.15) is 6.10 Å². The van der Waals surface area contributed by atoms with E-state index in [1.54, 1.807) is 12.1 Å². The molecule has 1 aromatic rings. The number of aliphatic hydroxyl groups excluding tert-OH is 1. The molecule has 1 atom stereocenters. The van der Waals surface area contributed by atoms with E-state index in [0.717, 1.165) is 0 Å². The molecule has 0 radical (unpaired) electrons. The normalized spacial score (nSPS) is 14.3. The molecule has 1 rings (SSSR count). The summed E-state index contributed by atoms with van der Waals surface area (Å²) in [5.41, 5.74) is 0.680. The topological polar surface area (TPSA) is 20.2 Å². The minimum atomic E-state index is -1.33. The molecule has 0 aliphatic heterocycles. The van der Waals surface area contributed by atoms with Gasteiger partial charge in [0.15, 0.2) is 0 Å². The van der Waals surface area contributed by atoms with Crippen molar-refractivity contribution in [2.45, 2.75) is 9.35 Å². The van der Waals surface area contributed by atoms with E-state index in [-0.39, 0.29) is 0 Å². The maximum atomic E-state index is 9.55. The van der Waals surface area contributed by atoms with E-state index in [9.17, 15) is 5.11 Å². The minimum Gasteiger partial charge on any atom is -0.384 e. The summed E-state index contributed by atoms with van der Waals surface area (Å²) in [6.07, 6.45) is -0.929. The molecule has 0 amide bonds. The molecule has 0 fully saturated rings. The first-order valence-electron chi connectivity index (χ1n) is 3.31. The van der Waals surface area contributed by atoms with Crippen molar-refractivity contribution in [3.63, 3.8) is 0 Å². The van der Waals surface area contributed by atoms with Gasteiger partial charge in [0.25, 0.3) is 0 Å². The lowest BCUT2D eigenvalue weighted by molar-refractivity contribution is 0.186. The van der Waals surface area contributed by atoms with Crippen LogP contribution >= 0.6 is 39.1 Å². The first-order chi connectivity index (χ1) is 5.52. The van der Waals surface area contributed by atoms with E-state index in [0.29, 0.717) is 5.56 Å². The lowest BCUT2D eigenvalue weighted by Crippen LogP contribution is -2.15. The van der Waals surface area contributed by atoms with Crippen LogP contribution in [-0.2, 0) is 0 Å². The van der Waals surface area contributed by atoms with Gasteiger partial charge < -0.3 is 5.11 Å². The van der Waals surface area contributed by atoms with Crippen molar-refractivity contribution in [1.29, 1.82) is 0 Å². The first-order valence-corrected chi connectivity index (χ1v) is 4.86. The minimum absolute atomic E-state index is 0.680. The third-order valence-electron chi connectivity index (χ3n) is 1.43. The summed E-state index contributed by atoms with van der Waals surface area (Å²) in [5, 5.41) is 9.55. The van der Waals surface area contributed by atoms with Crippen LogP contribution < -0.4 is 0 Å². The van der Waals surface area contributed by atoms with Crippen molar-refractivity contribution in [2.75, 3.05) is 0 Å². The number of aliphatic hydroxyl groups is 1. The van der Waals surface area contributed by atoms with Gasteiger partial charge in [0.2, 0.25) is 3.24 Å². The van der Waals surface area contributed by atoms with Crippen molar-refractivity contribution in [3.05, 3.63) is 35.9 Å². The number of rotatable bonds is 2. The molecule has 1 unspecified atom stereocenters. The van der Waals surface area contributed by atoms with Gasteiger partial charge in [-0.3, -0.25) is 0 Å².